The second-order valence-corrected chi connectivity index (χ2v) is 8.12. The topological polar surface area (TPSA) is 66.5 Å². The molecule has 1 amide bonds. The molecule has 1 atom stereocenters. The summed E-state index contributed by atoms with van der Waals surface area (Å²) in [6.45, 7) is 2.14. The number of fused-ring (bicyclic) bond motifs is 1. The molecule has 132 valence electrons. The highest BCUT2D eigenvalue weighted by Gasteiger charge is 2.32. The van der Waals surface area contributed by atoms with Crippen molar-refractivity contribution < 1.29 is 17.6 Å². The minimum Gasteiger partial charge on any atom is -0.348 e. The van der Waals surface area contributed by atoms with Gasteiger partial charge in [0.25, 0.3) is 5.91 Å². The van der Waals surface area contributed by atoms with Crippen molar-refractivity contribution in [3.8, 4) is 0 Å². The zero-order valence-electron chi connectivity index (χ0n) is 14.0. The highest BCUT2D eigenvalue weighted by atomic mass is 32.2. The Morgan fingerprint density at radius 3 is 2.56 bits per heavy atom. The molecule has 1 N–H and O–H groups in total. The molecule has 0 bridgehead atoms. The van der Waals surface area contributed by atoms with E-state index < -0.39 is 10.0 Å². The zero-order chi connectivity index (χ0) is 18.2. The maximum absolute atomic E-state index is 12.9. The quantitative estimate of drug-likeness (QED) is 0.909. The van der Waals surface area contributed by atoms with Gasteiger partial charge in [-0.15, -0.1) is 0 Å². The summed E-state index contributed by atoms with van der Waals surface area (Å²) in [7, 11) is -3.35. The number of nitrogens with zero attached hydrogens (tertiary/aromatic N) is 1. The molecule has 0 saturated carbocycles. The average Bonchev–Trinajstić information content (AvgIpc) is 2.88. The Bertz CT molecular complexity index is 910. The summed E-state index contributed by atoms with van der Waals surface area (Å²) in [5, 5.41) is 2.79. The van der Waals surface area contributed by atoms with Gasteiger partial charge in [0.05, 0.1) is 11.9 Å². The van der Waals surface area contributed by atoms with E-state index in [1.807, 2.05) is 6.92 Å². The summed E-state index contributed by atoms with van der Waals surface area (Å²) >= 11 is 0. The Morgan fingerprint density at radius 2 is 1.92 bits per heavy atom. The Morgan fingerprint density at radius 1 is 1.24 bits per heavy atom. The number of nitrogens with one attached hydrogen (secondary N) is 1. The van der Waals surface area contributed by atoms with Crippen LogP contribution in [0.15, 0.2) is 42.5 Å². The molecule has 0 aromatic heterocycles. The van der Waals surface area contributed by atoms with Gasteiger partial charge in [-0.25, -0.2) is 12.8 Å². The van der Waals surface area contributed by atoms with Gasteiger partial charge in [-0.3, -0.25) is 9.10 Å². The maximum atomic E-state index is 12.9. The summed E-state index contributed by atoms with van der Waals surface area (Å²) in [4.78, 5) is 12.3. The molecule has 1 aliphatic heterocycles. The molecule has 0 saturated heterocycles. The smallest absolute Gasteiger partial charge is 0.251 e. The number of rotatable bonds is 4. The van der Waals surface area contributed by atoms with Gasteiger partial charge in [0.1, 0.15) is 5.82 Å². The molecule has 1 heterocycles. The largest absolute Gasteiger partial charge is 0.348 e. The van der Waals surface area contributed by atoms with Crippen molar-refractivity contribution in [1.82, 2.24) is 5.32 Å². The summed E-state index contributed by atoms with van der Waals surface area (Å²) in [5.41, 5.74) is 2.74. The van der Waals surface area contributed by atoms with Crippen molar-refractivity contribution in [3.05, 3.63) is 65.0 Å². The van der Waals surface area contributed by atoms with E-state index in [1.54, 1.807) is 30.3 Å². The fourth-order valence-corrected chi connectivity index (χ4v) is 4.40. The van der Waals surface area contributed by atoms with Crippen LogP contribution in [-0.4, -0.2) is 26.6 Å². The second-order valence-electron chi connectivity index (χ2n) is 6.26. The van der Waals surface area contributed by atoms with Gasteiger partial charge < -0.3 is 5.32 Å². The number of carbonyl (C=O) groups excluding carboxylic acids is 1. The molecule has 0 fully saturated rings. The van der Waals surface area contributed by atoms with E-state index in [4.69, 9.17) is 0 Å². The van der Waals surface area contributed by atoms with Crippen LogP contribution in [0.1, 0.15) is 28.4 Å². The van der Waals surface area contributed by atoms with Gasteiger partial charge in [-0.2, -0.15) is 0 Å². The lowest BCUT2D eigenvalue weighted by atomic mass is 10.1. The normalized spacial score (nSPS) is 16.6. The fraction of sp³-hybridized carbons (Fsp3) is 0.278. The molecule has 0 radical (unpaired) electrons. The minimum atomic E-state index is -3.35. The summed E-state index contributed by atoms with van der Waals surface area (Å²) in [5.74, 6) is -0.573. The second kappa shape index (κ2) is 6.48. The highest BCUT2D eigenvalue weighted by Crippen LogP contribution is 2.34. The van der Waals surface area contributed by atoms with Crippen molar-refractivity contribution in [2.45, 2.75) is 25.9 Å². The van der Waals surface area contributed by atoms with Crippen molar-refractivity contribution in [2.24, 2.45) is 0 Å². The number of carbonyl (C=O) groups is 1. The average molecular weight is 362 g/mol. The van der Waals surface area contributed by atoms with Crippen LogP contribution in [0.25, 0.3) is 0 Å². The third-order valence-electron chi connectivity index (χ3n) is 4.22. The summed E-state index contributed by atoms with van der Waals surface area (Å²) < 4.78 is 38.1. The molecule has 2 aromatic rings. The van der Waals surface area contributed by atoms with E-state index in [2.05, 4.69) is 5.32 Å². The molecular weight excluding hydrogens is 343 g/mol. The Labute approximate surface area is 146 Å². The molecule has 3 rings (SSSR count). The zero-order valence-corrected chi connectivity index (χ0v) is 14.8. The molecule has 0 spiro atoms. The van der Waals surface area contributed by atoms with Gasteiger partial charge in [0, 0.05) is 18.2 Å². The van der Waals surface area contributed by atoms with E-state index >= 15 is 0 Å². The molecule has 2 aromatic carbocycles. The molecule has 1 aliphatic rings. The van der Waals surface area contributed by atoms with E-state index in [-0.39, 0.29) is 17.8 Å². The maximum Gasteiger partial charge on any atom is 0.251 e. The monoisotopic (exact) mass is 362 g/mol. The third kappa shape index (κ3) is 3.66. The third-order valence-corrected chi connectivity index (χ3v) is 5.49. The minimum absolute atomic E-state index is 0.164. The van der Waals surface area contributed by atoms with Crippen LogP contribution >= 0.6 is 0 Å². The predicted molar refractivity (Wildman–Crippen MR) is 94.5 cm³/mol. The number of halogens is 1. The van der Waals surface area contributed by atoms with Gasteiger partial charge in [0.2, 0.25) is 10.0 Å². The first kappa shape index (κ1) is 17.4. The number of hydrogen-bond donors (Lipinski definition) is 1. The molecule has 0 aliphatic carbocycles. The molecule has 25 heavy (non-hydrogen) atoms. The van der Waals surface area contributed by atoms with Gasteiger partial charge in [-0.1, -0.05) is 12.1 Å². The van der Waals surface area contributed by atoms with Crippen LogP contribution in [0, 0.1) is 5.82 Å². The van der Waals surface area contributed by atoms with Crippen LogP contribution in [-0.2, 0) is 23.0 Å². The number of hydrogen-bond acceptors (Lipinski definition) is 3. The van der Waals surface area contributed by atoms with Gasteiger partial charge >= 0.3 is 0 Å². The van der Waals surface area contributed by atoms with E-state index in [0.717, 1.165) is 11.1 Å². The predicted octanol–water partition coefficient (Wildman–Crippen LogP) is 2.47. The van der Waals surface area contributed by atoms with Gasteiger partial charge in [-0.05, 0) is 54.8 Å². The lowest BCUT2D eigenvalue weighted by Gasteiger charge is -2.21. The van der Waals surface area contributed by atoms with Crippen LogP contribution in [0.3, 0.4) is 0 Å². The lowest BCUT2D eigenvalue weighted by molar-refractivity contribution is 0.0951. The first-order valence-electron chi connectivity index (χ1n) is 7.90. The van der Waals surface area contributed by atoms with E-state index in [0.29, 0.717) is 24.2 Å². The van der Waals surface area contributed by atoms with Crippen molar-refractivity contribution in [2.75, 3.05) is 10.6 Å². The Balaban J connectivity index is 1.75. The van der Waals surface area contributed by atoms with Crippen molar-refractivity contribution in [1.29, 1.82) is 0 Å². The van der Waals surface area contributed by atoms with Crippen LogP contribution < -0.4 is 9.62 Å². The fourth-order valence-electron chi connectivity index (χ4n) is 3.14. The lowest BCUT2D eigenvalue weighted by Crippen LogP contribution is -2.34. The van der Waals surface area contributed by atoms with Crippen molar-refractivity contribution in [3.63, 3.8) is 0 Å². The summed E-state index contributed by atoms with van der Waals surface area (Å²) in [6.07, 6.45) is 1.75. The number of benzene rings is 2. The van der Waals surface area contributed by atoms with E-state index in [9.17, 15) is 17.6 Å². The molecular formula is C18H19FN2O3S. The van der Waals surface area contributed by atoms with Crippen LogP contribution in [0.5, 0.6) is 0 Å². The van der Waals surface area contributed by atoms with Crippen LogP contribution in [0.2, 0.25) is 0 Å². The standard InChI is InChI=1S/C18H19FN2O3S/c1-12-9-15-10-14(5-8-17(15)21(12)25(2,23)24)18(22)20-11-13-3-6-16(19)7-4-13/h3-8,10,12H,9,11H2,1-2H3,(H,20,22)/t12-/m1/s1. The van der Waals surface area contributed by atoms with Gasteiger partial charge in [0.15, 0.2) is 0 Å². The number of anilines is 1. The SMILES string of the molecule is C[C@@H]1Cc2cc(C(=O)NCc3ccc(F)cc3)ccc2N1S(C)(=O)=O. The van der Waals surface area contributed by atoms with E-state index in [1.165, 1.54) is 22.7 Å². The summed E-state index contributed by atoms with van der Waals surface area (Å²) in [6, 6.07) is 10.8. The number of sulfonamides is 1. The molecule has 7 heteroatoms. The molecule has 0 unspecified atom stereocenters. The van der Waals surface area contributed by atoms with Crippen LogP contribution in [0.4, 0.5) is 10.1 Å². The first-order chi connectivity index (χ1) is 11.8. The first-order valence-corrected chi connectivity index (χ1v) is 9.75. The van der Waals surface area contributed by atoms with Crippen molar-refractivity contribution >= 4 is 21.6 Å². The Kier molecular flexibility index (Phi) is 4.51. The highest BCUT2D eigenvalue weighted by molar-refractivity contribution is 7.92. The number of amides is 1. The molecule has 5 nitrogen and oxygen atoms in total. The Hall–Kier alpha value is -2.41.